The highest BCUT2D eigenvalue weighted by atomic mass is 16.2. The third-order valence-corrected chi connectivity index (χ3v) is 7.26. The summed E-state index contributed by atoms with van der Waals surface area (Å²) in [4.78, 5) is 15.8. The van der Waals surface area contributed by atoms with E-state index in [1.807, 2.05) is 34.7 Å². The molecule has 0 saturated heterocycles. The predicted octanol–water partition coefficient (Wildman–Crippen LogP) is 6.76. The van der Waals surface area contributed by atoms with Gasteiger partial charge in [-0.1, -0.05) is 70.2 Å². The predicted molar refractivity (Wildman–Crippen MR) is 148 cm³/mol. The van der Waals surface area contributed by atoms with Crippen molar-refractivity contribution in [1.29, 1.82) is 0 Å². The average Bonchev–Trinajstić information content (AvgIpc) is 3.45. The maximum atomic E-state index is 13.8. The molecule has 2 aromatic heterocycles. The molecule has 37 heavy (non-hydrogen) atoms. The summed E-state index contributed by atoms with van der Waals surface area (Å²) in [5.74, 6) is 1.97. The van der Waals surface area contributed by atoms with Crippen molar-refractivity contribution >= 4 is 6.03 Å². The minimum Gasteiger partial charge on any atom is -0.338 e. The second-order valence-corrected chi connectivity index (χ2v) is 10.7. The number of fused-ring (bicyclic) bond motifs is 3. The molecule has 192 valence electrons. The smallest absolute Gasteiger partial charge is 0.318 e. The number of nitrogens with zero attached hydrogens (tertiary/aromatic N) is 4. The lowest BCUT2D eigenvalue weighted by molar-refractivity contribution is 0.180. The molecule has 0 spiro atoms. The summed E-state index contributed by atoms with van der Waals surface area (Å²) in [5, 5.41) is 8.13. The van der Waals surface area contributed by atoms with E-state index >= 15 is 0 Å². The Morgan fingerprint density at radius 1 is 1.00 bits per heavy atom. The van der Waals surface area contributed by atoms with Gasteiger partial charge in [0.1, 0.15) is 5.82 Å². The van der Waals surface area contributed by atoms with Gasteiger partial charge in [-0.05, 0) is 60.6 Å². The number of hydrogen-bond donors (Lipinski definition) is 1. The van der Waals surface area contributed by atoms with Gasteiger partial charge in [0.25, 0.3) is 0 Å². The van der Waals surface area contributed by atoms with Crippen LogP contribution in [0.4, 0.5) is 4.79 Å². The molecule has 0 fully saturated rings. The Kier molecular flexibility index (Phi) is 6.92. The second kappa shape index (κ2) is 10.3. The molecule has 0 saturated carbocycles. The summed E-state index contributed by atoms with van der Waals surface area (Å²) in [5.41, 5.74) is 6.42. The molecule has 1 atom stereocenters. The van der Waals surface area contributed by atoms with E-state index in [0.29, 0.717) is 24.9 Å². The number of rotatable bonds is 6. The number of hydrogen-bond acceptors (Lipinski definition) is 2. The van der Waals surface area contributed by atoms with Crippen LogP contribution in [-0.2, 0) is 6.54 Å². The molecule has 5 rings (SSSR count). The number of carbonyl (C=O) groups is 1. The monoisotopic (exact) mass is 495 g/mol. The molecular weight excluding hydrogens is 458 g/mol. The maximum absolute atomic E-state index is 13.8. The first kappa shape index (κ1) is 24.9. The molecule has 4 aromatic rings. The zero-order chi connectivity index (χ0) is 26.1. The average molecular weight is 496 g/mol. The normalized spacial score (nSPS) is 15.0. The van der Waals surface area contributed by atoms with Gasteiger partial charge >= 0.3 is 6.03 Å². The number of nitrogens with one attached hydrogen (secondary N) is 1. The molecule has 0 aliphatic carbocycles. The standard InChI is InChI=1S/C31H37N5O/c1-21(2)17-18-32-31(37)35-20-27-23(5)33-36(26-10-7-6-8-11-26)30(27)34-19-9-12-28(34)29(35)25-15-13-24(14-16-25)22(3)4/h6-16,19,21-22,29H,17-18,20H2,1-5H3,(H,32,37)/t29-/m0/s1. The molecule has 1 aliphatic rings. The van der Waals surface area contributed by atoms with Crippen LogP contribution in [0.2, 0.25) is 0 Å². The fourth-order valence-corrected chi connectivity index (χ4v) is 5.13. The van der Waals surface area contributed by atoms with Crippen LogP contribution >= 0.6 is 0 Å². The number of benzene rings is 2. The molecule has 0 radical (unpaired) electrons. The van der Waals surface area contributed by atoms with E-state index < -0.39 is 0 Å². The summed E-state index contributed by atoms with van der Waals surface area (Å²) < 4.78 is 4.22. The van der Waals surface area contributed by atoms with Crippen LogP contribution in [0.5, 0.6) is 0 Å². The van der Waals surface area contributed by atoms with E-state index in [0.717, 1.165) is 40.4 Å². The summed E-state index contributed by atoms with van der Waals surface area (Å²) in [6.45, 7) is 11.9. The first-order valence-corrected chi connectivity index (χ1v) is 13.3. The lowest BCUT2D eigenvalue weighted by Gasteiger charge is -2.31. The second-order valence-electron chi connectivity index (χ2n) is 10.7. The lowest BCUT2D eigenvalue weighted by Crippen LogP contribution is -2.42. The number of amides is 2. The molecule has 2 aromatic carbocycles. The van der Waals surface area contributed by atoms with Crippen molar-refractivity contribution in [1.82, 2.24) is 24.6 Å². The number of aromatic nitrogens is 3. The molecule has 6 nitrogen and oxygen atoms in total. The lowest BCUT2D eigenvalue weighted by atomic mass is 9.97. The van der Waals surface area contributed by atoms with Gasteiger partial charge in [0, 0.05) is 18.3 Å². The molecule has 1 aliphatic heterocycles. The van der Waals surface area contributed by atoms with Gasteiger partial charge in [-0.15, -0.1) is 0 Å². The zero-order valence-electron chi connectivity index (χ0n) is 22.5. The molecule has 3 heterocycles. The third kappa shape index (κ3) is 4.80. The minimum atomic E-state index is -0.230. The fraction of sp³-hybridized carbons (Fsp3) is 0.355. The molecule has 6 heteroatoms. The van der Waals surface area contributed by atoms with Crippen LogP contribution in [0.25, 0.3) is 11.5 Å². The van der Waals surface area contributed by atoms with Gasteiger partial charge in [-0.2, -0.15) is 5.10 Å². The molecule has 2 amide bonds. The van der Waals surface area contributed by atoms with Crippen LogP contribution in [-0.4, -0.2) is 31.8 Å². The van der Waals surface area contributed by atoms with Crippen LogP contribution in [0.15, 0.2) is 72.9 Å². The van der Waals surface area contributed by atoms with Gasteiger partial charge in [0.15, 0.2) is 0 Å². The van der Waals surface area contributed by atoms with Crippen molar-refractivity contribution in [2.45, 2.75) is 59.5 Å². The van der Waals surface area contributed by atoms with Crippen molar-refractivity contribution in [3.63, 3.8) is 0 Å². The van der Waals surface area contributed by atoms with Crippen LogP contribution in [0, 0.1) is 12.8 Å². The highest BCUT2D eigenvalue weighted by molar-refractivity contribution is 5.76. The largest absolute Gasteiger partial charge is 0.338 e. The van der Waals surface area contributed by atoms with Crippen LogP contribution in [0.1, 0.15) is 74.2 Å². The van der Waals surface area contributed by atoms with Crippen molar-refractivity contribution in [3.8, 4) is 11.5 Å². The van der Waals surface area contributed by atoms with Gasteiger partial charge in [0.2, 0.25) is 0 Å². The molecule has 0 unspecified atom stereocenters. The van der Waals surface area contributed by atoms with Crippen molar-refractivity contribution in [2.24, 2.45) is 5.92 Å². The maximum Gasteiger partial charge on any atom is 0.318 e. The number of urea groups is 1. The summed E-state index contributed by atoms with van der Waals surface area (Å²) >= 11 is 0. The van der Waals surface area contributed by atoms with Gasteiger partial charge in [-0.25, -0.2) is 9.48 Å². The molecule has 0 bridgehead atoms. The zero-order valence-corrected chi connectivity index (χ0v) is 22.5. The van der Waals surface area contributed by atoms with Crippen LogP contribution < -0.4 is 5.32 Å². The SMILES string of the molecule is Cc1nn(-c2ccccc2)c2c1CN(C(=O)NCCC(C)C)[C@@H](c1ccc(C(C)C)cc1)c1cccn1-2. The highest BCUT2D eigenvalue weighted by Gasteiger charge is 2.35. The Balaban J connectivity index is 1.65. The first-order valence-electron chi connectivity index (χ1n) is 13.3. The first-order chi connectivity index (χ1) is 17.8. The Morgan fingerprint density at radius 2 is 1.73 bits per heavy atom. The van der Waals surface area contributed by atoms with E-state index in [1.165, 1.54) is 5.56 Å². The minimum absolute atomic E-state index is 0.0500. The summed E-state index contributed by atoms with van der Waals surface area (Å²) in [6.07, 6.45) is 3.03. The number of aryl methyl sites for hydroxylation is 1. The summed E-state index contributed by atoms with van der Waals surface area (Å²) in [7, 11) is 0. The molecule has 1 N–H and O–H groups in total. The van der Waals surface area contributed by atoms with E-state index in [4.69, 9.17) is 5.10 Å². The number of carbonyl (C=O) groups excluding carboxylic acids is 1. The van der Waals surface area contributed by atoms with E-state index in [2.05, 4.69) is 92.3 Å². The third-order valence-electron chi connectivity index (χ3n) is 7.26. The highest BCUT2D eigenvalue weighted by Crippen LogP contribution is 2.38. The number of para-hydroxylation sites is 1. The summed E-state index contributed by atoms with van der Waals surface area (Å²) in [6, 6.07) is 22.9. The Hall–Kier alpha value is -3.80. The van der Waals surface area contributed by atoms with Gasteiger partial charge in [0.05, 0.1) is 29.7 Å². The Labute approximate surface area is 219 Å². The van der Waals surface area contributed by atoms with Crippen molar-refractivity contribution in [3.05, 3.63) is 101 Å². The Bertz CT molecular complexity index is 1360. The molecular formula is C31H37N5O. The van der Waals surface area contributed by atoms with Crippen LogP contribution in [0.3, 0.4) is 0 Å². The van der Waals surface area contributed by atoms with E-state index in [1.54, 1.807) is 0 Å². The van der Waals surface area contributed by atoms with Gasteiger partial charge in [-0.3, -0.25) is 0 Å². The topological polar surface area (TPSA) is 55.1 Å². The Morgan fingerprint density at radius 3 is 2.41 bits per heavy atom. The van der Waals surface area contributed by atoms with Crippen molar-refractivity contribution < 1.29 is 4.79 Å². The van der Waals surface area contributed by atoms with Gasteiger partial charge < -0.3 is 14.8 Å². The quantitative estimate of drug-likeness (QED) is 0.321. The van der Waals surface area contributed by atoms with E-state index in [-0.39, 0.29) is 12.1 Å². The fourth-order valence-electron chi connectivity index (χ4n) is 5.13. The van der Waals surface area contributed by atoms with E-state index in [9.17, 15) is 4.79 Å². The van der Waals surface area contributed by atoms with Crippen molar-refractivity contribution in [2.75, 3.05) is 6.54 Å².